The lowest BCUT2D eigenvalue weighted by atomic mass is 9.67. The van der Waals surface area contributed by atoms with Crippen molar-refractivity contribution in [1.29, 1.82) is 0 Å². The number of anilines is 3. The molecule has 0 bridgehead atoms. The predicted molar refractivity (Wildman–Crippen MR) is 252 cm³/mol. The van der Waals surface area contributed by atoms with Crippen LogP contribution in [0.2, 0.25) is 0 Å². The predicted octanol–water partition coefficient (Wildman–Crippen LogP) is 16.0. The fraction of sp³-hybridized carbons (Fsp3) is 0.0175. The van der Waals surface area contributed by atoms with Gasteiger partial charge in [0, 0.05) is 31.7 Å². The second kappa shape index (κ2) is 13.8. The van der Waals surface area contributed by atoms with Crippen molar-refractivity contribution in [3.8, 4) is 32.7 Å². The quantitative estimate of drug-likeness (QED) is 0.160. The third-order valence-electron chi connectivity index (χ3n) is 12.4. The molecule has 0 spiro atoms. The number of rotatable bonds is 7. The number of para-hydroxylation sites is 2. The zero-order chi connectivity index (χ0) is 39.6. The Labute approximate surface area is 352 Å². The van der Waals surface area contributed by atoms with Crippen molar-refractivity contribution in [3.63, 3.8) is 0 Å². The van der Waals surface area contributed by atoms with E-state index in [9.17, 15) is 0 Å². The Morgan fingerprint density at radius 2 is 0.950 bits per heavy atom. The van der Waals surface area contributed by atoms with Crippen LogP contribution in [0.5, 0.6) is 0 Å². The van der Waals surface area contributed by atoms with Gasteiger partial charge in [-0.15, -0.1) is 11.3 Å². The normalized spacial score (nSPS) is 12.8. The molecule has 0 saturated carbocycles. The number of benzene rings is 9. The first-order valence-corrected chi connectivity index (χ1v) is 21.3. The summed E-state index contributed by atoms with van der Waals surface area (Å²) >= 11 is 1.91. The van der Waals surface area contributed by atoms with Crippen LogP contribution in [0, 0.1) is 0 Å². The van der Waals surface area contributed by atoms with Gasteiger partial charge in [0.2, 0.25) is 0 Å². The molecule has 2 nitrogen and oxygen atoms in total. The second-order valence-corrected chi connectivity index (χ2v) is 16.6. The fourth-order valence-corrected chi connectivity index (χ4v) is 11.0. The maximum atomic E-state index is 6.63. The Bertz CT molecular complexity index is 3310. The number of hydrogen-bond donors (Lipinski definition) is 0. The molecule has 0 aliphatic heterocycles. The van der Waals surface area contributed by atoms with Crippen LogP contribution in [0.3, 0.4) is 0 Å². The zero-order valence-corrected chi connectivity index (χ0v) is 33.4. The van der Waals surface area contributed by atoms with Crippen LogP contribution in [-0.2, 0) is 5.41 Å². The van der Waals surface area contributed by atoms with Crippen LogP contribution in [0.4, 0.5) is 17.1 Å². The molecule has 0 unspecified atom stereocenters. The first kappa shape index (κ1) is 34.6. The average molecular weight is 784 g/mol. The summed E-state index contributed by atoms with van der Waals surface area (Å²) in [6.07, 6.45) is 0. The molecule has 9 aromatic carbocycles. The molecule has 1 aliphatic rings. The van der Waals surface area contributed by atoms with Gasteiger partial charge in [0.25, 0.3) is 0 Å². The minimum absolute atomic E-state index is 0.475. The van der Waals surface area contributed by atoms with Crippen molar-refractivity contribution in [3.05, 3.63) is 247 Å². The number of fused-ring (bicyclic) bond motifs is 8. The summed E-state index contributed by atoms with van der Waals surface area (Å²) in [7, 11) is 0. The molecule has 0 atom stereocenters. The Hall–Kier alpha value is -7.46. The van der Waals surface area contributed by atoms with Crippen molar-refractivity contribution < 1.29 is 4.42 Å². The summed E-state index contributed by atoms with van der Waals surface area (Å²) in [5.41, 5.74) is 15.7. The van der Waals surface area contributed by atoms with Crippen LogP contribution in [0.15, 0.2) is 229 Å². The summed E-state index contributed by atoms with van der Waals surface area (Å²) < 4.78 is 7.96. The van der Waals surface area contributed by atoms with E-state index in [1.165, 1.54) is 59.5 Å². The van der Waals surface area contributed by atoms with Crippen LogP contribution in [0.1, 0.15) is 22.3 Å². The first-order valence-electron chi connectivity index (χ1n) is 20.5. The lowest BCUT2D eigenvalue weighted by molar-refractivity contribution is 0.669. The molecular weight excluding hydrogens is 747 g/mol. The monoisotopic (exact) mass is 783 g/mol. The van der Waals surface area contributed by atoms with Gasteiger partial charge < -0.3 is 9.32 Å². The van der Waals surface area contributed by atoms with E-state index in [-0.39, 0.29) is 0 Å². The smallest absolute Gasteiger partial charge is 0.159 e. The van der Waals surface area contributed by atoms with Gasteiger partial charge in [-0.2, -0.15) is 0 Å². The Morgan fingerprint density at radius 1 is 0.417 bits per heavy atom. The van der Waals surface area contributed by atoms with E-state index < -0.39 is 5.41 Å². The van der Waals surface area contributed by atoms with Gasteiger partial charge in [0.1, 0.15) is 5.58 Å². The summed E-state index contributed by atoms with van der Waals surface area (Å²) in [4.78, 5) is 3.68. The Morgan fingerprint density at radius 3 is 1.63 bits per heavy atom. The summed E-state index contributed by atoms with van der Waals surface area (Å²) in [6.45, 7) is 0. The molecule has 3 heteroatoms. The number of nitrogens with zero attached hydrogens (tertiary/aromatic N) is 1. The van der Waals surface area contributed by atoms with Crippen LogP contribution >= 0.6 is 11.3 Å². The third kappa shape index (κ3) is 5.26. The standard InChI is InChI=1S/C57H37NOS/c1-4-15-38(16-5-1)39-27-32-44(33-28-39)58(51-24-14-23-47-46-21-10-12-25-52(46)59-55(47)51)45-34-29-40(30-35-45)41-31-36-48-50(37-41)57(42-17-6-2-7-18-42,43-19-8-3-9-20-43)54-49-22-11-13-26-53(49)60-56(48)54/h1-37H. The topological polar surface area (TPSA) is 16.4 Å². The molecule has 0 fully saturated rings. The van der Waals surface area contributed by atoms with E-state index in [0.29, 0.717) is 0 Å². The molecule has 0 amide bonds. The molecule has 0 radical (unpaired) electrons. The number of hydrogen-bond acceptors (Lipinski definition) is 3. The van der Waals surface area contributed by atoms with Crippen molar-refractivity contribution in [2.24, 2.45) is 0 Å². The van der Waals surface area contributed by atoms with E-state index >= 15 is 0 Å². The molecule has 2 aromatic heterocycles. The molecule has 12 rings (SSSR count). The largest absolute Gasteiger partial charge is 0.454 e. The van der Waals surface area contributed by atoms with Gasteiger partial charge >= 0.3 is 0 Å². The maximum absolute atomic E-state index is 6.63. The molecule has 60 heavy (non-hydrogen) atoms. The van der Waals surface area contributed by atoms with Crippen LogP contribution in [0.25, 0.3) is 64.7 Å². The van der Waals surface area contributed by atoms with Gasteiger partial charge in [0.15, 0.2) is 5.58 Å². The Balaban J connectivity index is 1.02. The molecule has 0 saturated heterocycles. The average Bonchev–Trinajstić information content (AvgIpc) is 3.99. The van der Waals surface area contributed by atoms with Crippen molar-refractivity contribution in [1.82, 2.24) is 0 Å². The molecule has 0 N–H and O–H groups in total. The first-order chi connectivity index (χ1) is 29.8. The van der Waals surface area contributed by atoms with Crippen molar-refractivity contribution >= 4 is 60.4 Å². The summed E-state index contributed by atoms with van der Waals surface area (Å²) in [5, 5.41) is 3.54. The van der Waals surface area contributed by atoms with Crippen molar-refractivity contribution in [2.45, 2.75) is 5.41 Å². The maximum Gasteiger partial charge on any atom is 0.159 e. The molecule has 11 aromatic rings. The molecule has 2 heterocycles. The van der Waals surface area contributed by atoms with Gasteiger partial charge in [-0.1, -0.05) is 176 Å². The third-order valence-corrected chi connectivity index (χ3v) is 13.6. The molecule has 282 valence electrons. The zero-order valence-electron chi connectivity index (χ0n) is 32.6. The number of thiophene rings is 1. The summed E-state index contributed by atoms with van der Waals surface area (Å²) in [5.74, 6) is 0. The highest BCUT2D eigenvalue weighted by Crippen LogP contribution is 2.61. The van der Waals surface area contributed by atoms with E-state index in [1.807, 2.05) is 17.4 Å². The van der Waals surface area contributed by atoms with Gasteiger partial charge in [-0.25, -0.2) is 0 Å². The summed E-state index contributed by atoms with van der Waals surface area (Å²) in [6, 6.07) is 81.5. The fourth-order valence-electron chi connectivity index (χ4n) is 9.69. The lowest BCUT2D eigenvalue weighted by Crippen LogP contribution is -2.28. The highest BCUT2D eigenvalue weighted by Gasteiger charge is 2.48. The minimum Gasteiger partial charge on any atom is -0.454 e. The highest BCUT2D eigenvalue weighted by molar-refractivity contribution is 7.22. The highest BCUT2D eigenvalue weighted by atomic mass is 32.1. The SMILES string of the molecule is c1ccc(-c2ccc(N(c3ccc(-c4ccc5c(c4)C(c4ccccc4)(c4ccccc4)c4c-5sc5ccccc45)cc3)c3cccc4c3oc3ccccc34)cc2)cc1. The van der Waals surface area contributed by atoms with E-state index in [1.54, 1.807) is 0 Å². The van der Waals surface area contributed by atoms with E-state index in [4.69, 9.17) is 4.42 Å². The van der Waals surface area contributed by atoms with E-state index in [0.717, 1.165) is 44.6 Å². The van der Waals surface area contributed by atoms with Crippen LogP contribution < -0.4 is 4.90 Å². The van der Waals surface area contributed by atoms with Gasteiger partial charge in [-0.3, -0.25) is 0 Å². The Kier molecular flexibility index (Phi) is 7.97. The number of furan rings is 1. The molecular formula is C57H37NOS. The second-order valence-electron chi connectivity index (χ2n) is 15.6. The van der Waals surface area contributed by atoms with Crippen molar-refractivity contribution in [2.75, 3.05) is 4.90 Å². The molecule has 1 aliphatic carbocycles. The van der Waals surface area contributed by atoms with Gasteiger partial charge in [-0.05, 0) is 104 Å². The van der Waals surface area contributed by atoms with Crippen LogP contribution in [-0.4, -0.2) is 0 Å². The minimum atomic E-state index is -0.475. The van der Waals surface area contributed by atoms with E-state index in [2.05, 4.69) is 223 Å². The van der Waals surface area contributed by atoms with Gasteiger partial charge in [0.05, 0.1) is 11.1 Å². The lowest BCUT2D eigenvalue weighted by Gasteiger charge is -2.34.